The number of rotatable bonds is 16. The summed E-state index contributed by atoms with van der Waals surface area (Å²) in [6.07, 6.45) is 1.74. The fraction of sp³-hybridized carbons (Fsp3) is 0.750. The van der Waals surface area contributed by atoms with E-state index < -0.39 is 25.2 Å². The minimum absolute atomic E-state index is 0.253. The summed E-state index contributed by atoms with van der Waals surface area (Å²) < 4.78 is 29.0. The monoisotopic (exact) mass is 462 g/mol. The third-order valence-electron chi connectivity index (χ3n) is 4.01. The Balaban J connectivity index is 4.31. The molecular weight excluding hydrogens is 420 g/mol. The van der Waals surface area contributed by atoms with E-state index in [4.69, 9.17) is 22.4 Å². The van der Waals surface area contributed by atoms with Crippen LogP contribution in [0.3, 0.4) is 0 Å². The van der Waals surface area contributed by atoms with Crippen molar-refractivity contribution in [1.82, 2.24) is 0 Å². The molecule has 170 valence electrons. The predicted octanol–water partition coefficient (Wildman–Crippen LogP) is 5.56. The number of ether oxygens (including phenoxy) is 3. The molecule has 0 aliphatic rings. The Morgan fingerprint density at radius 1 is 0.793 bits per heavy atom. The second kappa shape index (κ2) is 12.9. The molecule has 29 heavy (non-hydrogen) atoms. The second-order valence-corrected chi connectivity index (χ2v) is 21.6. The molecule has 0 saturated heterocycles. The number of carbonyl (C=O) groups is 1. The molecule has 0 heterocycles. The molecule has 0 N–H and O–H groups in total. The first-order valence-electron chi connectivity index (χ1n) is 10.2. The largest absolute Gasteiger partial charge is 0.473 e. The summed E-state index contributed by atoms with van der Waals surface area (Å²) in [7, 11) is -5.99. The lowest BCUT2D eigenvalue weighted by Crippen LogP contribution is -2.52. The van der Waals surface area contributed by atoms with E-state index in [9.17, 15) is 4.79 Å². The van der Waals surface area contributed by atoms with E-state index in [0.29, 0.717) is 24.5 Å². The molecule has 0 bridgehead atoms. The van der Waals surface area contributed by atoms with Crippen molar-refractivity contribution in [3.63, 3.8) is 0 Å². The van der Waals surface area contributed by atoms with Crippen LogP contribution in [0.4, 0.5) is 0 Å². The van der Waals surface area contributed by atoms with E-state index >= 15 is 0 Å². The SMILES string of the molecule is C=C(C)OCOCCC[Si](C)(C)O[Si](C)(C)O[Si](C)(C)CCCOC(=O)C(=C)C. The number of allylic oxidation sites excluding steroid dienone is 1. The van der Waals surface area contributed by atoms with Crippen LogP contribution in [0.15, 0.2) is 24.5 Å². The molecular formula is C20H42O6Si3. The summed E-state index contributed by atoms with van der Waals surface area (Å²) in [5, 5.41) is 0. The van der Waals surface area contributed by atoms with E-state index in [2.05, 4.69) is 52.4 Å². The molecule has 0 radical (unpaired) electrons. The topological polar surface area (TPSA) is 63.2 Å². The third kappa shape index (κ3) is 15.7. The van der Waals surface area contributed by atoms with Crippen LogP contribution < -0.4 is 0 Å². The molecule has 0 amide bonds. The fourth-order valence-electron chi connectivity index (χ4n) is 3.04. The molecule has 0 aromatic carbocycles. The first-order valence-corrected chi connectivity index (χ1v) is 19.3. The summed E-state index contributed by atoms with van der Waals surface area (Å²) >= 11 is 0. The molecule has 0 fully saturated rings. The van der Waals surface area contributed by atoms with E-state index in [-0.39, 0.29) is 12.8 Å². The molecule has 0 aromatic heterocycles. The average molecular weight is 463 g/mol. The van der Waals surface area contributed by atoms with E-state index in [1.165, 1.54) is 0 Å². The minimum atomic E-state index is -2.24. The first-order chi connectivity index (χ1) is 13.2. The van der Waals surface area contributed by atoms with Gasteiger partial charge in [-0.05, 0) is 78.1 Å². The summed E-state index contributed by atoms with van der Waals surface area (Å²) in [6, 6.07) is 1.94. The molecule has 6 nitrogen and oxygen atoms in total. The Morgan fingerprint density at radius 3 is 1.72 bits per heavy atom. The fourth-order valence-corrected chi connectivity index (χ4v) is 17.0. The van der Waals surface area contributed by atoms with Crippen molar-refractivity contribution in [2.45, 2.75) is 78.1 Å². The van der Waals surface area contributed by atoms with Gasteiger partial charge in [-0.2, -0.15) is 0 Å². The van der Waals surface area contributed by atoms with Crippen molar-refractivity contribution in [3.05, 3.63) is 24.5 Å². The Morgan fingerprint density at radius 2 is 1.28 bits per heavy atom. The molecule has 0 rings (SSSR count). The van der Waals surface area contributed by atoms with Crippen LogP contribution in [0, 0.1) is 0 Å². The molecule has 0 unspecified atom stereocenters. The van der Waals surface area contributed by atoms with E-state index in [1.807, 2.05) is 0 Å². The van der Waals surface area contributed by atoms with Gasteiger partial charge >= 0.3 is 14.5 Å². The Kier molecular flexibility index (Phi) is 12.5. The van der Waals surface area contributed by atoms with Crippen LogP contribution in [-0.4, -0.2) is 51.2 Å². The van der Waals surface area contributed by atoms with E-state index in [1.54, 1.807) is 13.8 Å². The highest BCUT2D eigenvalue weighted by Gasteiger charge is 2.39. The van der Waals surface area contributed by atoms with Gasteiger partial charge in [-0.25, -0.2) is 4.79 Å². The molecule has 0 aliphatic carbocycles. The lowest BCUT2D eigenvalue weighted by molar-refractivity contribution is -0.138. The van der Waals surface area contributed by atoms with Crippen LogP contribution in [-0.2, 0) is 27.2 Å². The van der Waals surface area contributed by atoms with Gasteiger partial charge in [0, 0.05) is 5.57 Å². The highest BCUT2D eigenvalue weighted by Crippen LogP contribution is 2.26. The smallest absolute Gasteiger partial charge is 0.333 e. The van der Waals surface area contributed by atoms with Crippen molar-refractivity contribution < 1.29 is 27.2 Å². The van der Waals surface area contributed by atoms with Gasteiger partial charge in [-0.15, -0.1) is 0 Å². The third-order valence-corrected chi connectivity index (χ3v) is 15.5. The molecule has 0 spiro atoms. The lowest BCUT2D eigenvalue weighted by atomic mass is 10.4. The number of carbonyl (C=O) groups excluding carboxylic acids is 1. The summed E-state index contributed by atoms with van der Waals surface area (Å²) in [5.74, 6) is 0.333. The zero-order valence-electron chi connectivity index (χ0n) is 19.8. The number of hydrogen-bond acceptors (Lipinski definition) is 6. The summed E-state index contributed by atoms with van der Waals surface area (Å²) in [5.41, 5.74) is 0.431. The average Bonchev–Trinajstić information content (AvgIpc) is 2.51. The van der Waals surface area contributed by atoms with Gasteiger partial charge in [0.05, 0.1) is 19.0 Å². The van der Waals surface area contributed by atoms with Crippen LogP contribution in [0.1, 0.15) is 26.7 Å². The van der Waals surface area contributed by atoms with Crippen LogP contribution >= 0.6 is 0 Å². The van der Waals surface area contributed by atoms with Crippen molar-refractivity contribution in [3.8, 4) is 0 Å². The molecule has 0 aromatic rings. The minimum Gasteiger partial charge on any atom is -0.473 e. The normalized spacial score (nSPS) is 12.6. The van der Waals surface area contributed by atoms with Crippen LogP contribution in [0.2, 0.25) is 51.4 Å². The lowest BCUT2D eigenvalue weighted by Gasteiger charge is -2.38. The maximum Gasteiger partial charge on any atom is 0.333 e. The Bertz CT molecular complexity index is 546. The summed E-state index contributed by atoms with van der Waals surface area (Å²) in [6.45, 7) is 25.2. The van der Waals surface area contributed by atoms with Gasteiger partial charge in [0.2, 0.25) is 0 Å². The molecule has 0 atom stereocenters. The quantitative estimate of drug-likeness (QED) is 0.0747. The van der Waals surface area contributed by atoms with Gasteiger partial charge < -0.3 is 22.4 Å². The molecule has 0 saturated carbocycles. The Hall–Kier alpha value is -0.719. The number of esters is 1. The maximum absolute atomic E-state index is 11.5. The molecule has 9 heteroatoms. The second-order valence-electron chi connectivity index (χ2n) is 9.12. The first kappa shape index (κ1) is 28.3. The Labute approximate surface area is 181 Å². The highest BCUT2D eigenvalue weighted by molar-refractivity contribution is 6.87. The summed E-state index contributed by atoms with van der Waals surface area (Å²) in [4.78, 5) is 11.5. The van der Waals surface area contributed by atoms with Crippen LogP contribution in [0.25, 0.3) is 0 Å². The van der Waals surface area contributed by atoms with Gasteiger partial charge in [-0.3, -0.25) is 0 Å². The molecule has 0 aliphatic heterocycles. The predicted molar refractivity (Wildman–Crippen MR) is 126 cm³/mol. The van der Waals surface area contributed by atoms with Gasteiger partial charge in [0.25, 0.3) is 0 Å². The van der Waals surface area contributed by atoms with E-state index in [0.717, 1.165) is 24.9 Å². The van der Waals surface area contributed by atoms with Gasteiger partial charge in [-0.1, -0.05) is 13.2 Å². The van der Waals surface area contributed by atoms with Crippen LogP contribution in [0.5, 0.6) is 0 Å². The zero-order valence-corrected chi connectivity index (χ0v) is 22.8. The van der Waals surface area contributed by atoms with Crippen molar-refractivity contribution in [1.29, 1.82) is 0 Å². The highest BCUT2D eigenvalue weighted by atomic mass is 28.5. The van der Waals surface area contributed by atoms with Crippen molar-refractivity contribution in [2.24, 2.45) is 0 Å². The number of hydrogen-bond donors (Lipinski definition) is 0. The van der Waals surface area contributed by atoms with Gasteiger partial charge in [0.15, 0.2) is 23.4 Å². The van der Waals surface area contributed by atoms with Crippen molar-refractivity contribution >= 4 is 31.2 Å². The maximum atomic E-state index is 11.5. The van der Waals surface area contributed by atoms with Crippen molar-refractivity contribution in [2.75, 3.05) is 20.0 Å². The van der Waals surface area contributed by atoms with Gasteiger partial charge in [0.1, 0.15) is 0 Å². The zero-order chi connectivity index (χ0) is 22.7. The standard InChI is InChI=1S/C20H42O6Si3/c1-18(2)20(21)23-14-12-16-28(7,8)26-29(9,10)25-27(5,6)15-11-13-22-17-24-19(3)4/h1,3,11-17H2,2,4-10H3.